The second kappa shape index (κ2) is 5.97. The van der Waals surface area contributed by atoms with E-state index in [0.717, 1.165) is 38.8 Å². The normalized spacial score (nSPS) is 22.7. The molecule has 0 aromatic heterocycles. The SMILES string of the molecule is CCCCOC(=O)[C@@H]1CCCNC1. The van der Waals surface area contributed by atoms with E-state index in [-0.39, 0.29) is 11.9 Å². The summed E-state index contributed by atoms with van der Waals surface area (Å²) in [4.78, 5) is 11.4. The van der Waals surface area contributed by atoms with E-state index >= 15 is 0 Å². The fraction of sp³-hybridized carbons (Fsp3) is 0.900. The summed E-state index contributed by atoms with van der Waals surface area (Å²) < 4.78 is 5.14. The lowest BCUT2D eigenvalue weighted by atomic mass is 10.0. The first kappa shape index (κ1) is 10.5. The van der Waals surface area contributed by atoms with Crippen LogP contribution in [0.25, 0.3) is 0 Å². The van der Waals surface area contributed by atoms with Crippen LogP contribution in [0.3, 0.4) is 0 Å². The average Bonchev–Trinajstić information content (AvgIpc) is 2.19. The lowest BCUT2D eigenvalue weighted by molar-refractivity contribution is -0.149. The van der Waals surface area contributed by atoms with E-state index < -0.39 is 0 Å². The highest BCUT2D eigenvalue weighted by Gasteiger charge is 2.21. The molecule has 0 aliphatic carbocycles. The molecular formula is C10H19NO2. The second-order valence-electron chi connectivity index (χ2n) is 3.56. The van der Waals surface area contributed by atoms with Crippen LogP contribution in [0, 0.1) is 5.92 Å². The minimum atomic E-state index is -0.0133. The Morgan fingerprint density at radius 3 is 3.08 bits per heavy atom. The maximum Gasteiger partial charge on any atom is 0.310 e. The molecule has 3 heteroatoms. The van der Waals surface area contributed by atoms with Crippen molar-refractivity contribution >= 4 is 5.97 Å². The van der Waals surface area contributed by atoms with Crippen molar-refractivity contribution < 1.29 is 9.53 Å². The molecule has 13 heavy (non-hydrogen) atoms. The van der Waals surface area contributed by atoms with Gasteiger partial charge < -0.3 is 10.1 Å². The van der Waals surface area contributed by atoms with Crippen molar-refractivity contribution in [2.45, 2.75) is 32.6 Å². The molecule has 0 unspecified atom stereocenters. The summed E-state index contributed by atoms with van der Waals surface area (Å²) in [5.41, 5.74) is 0. The lowest BCUT2D eigenvalue weighted by Crippen LogP contribution is -2.35. The number of rotatable bonds is 4. The largest absolute Gasteiger partial charge is 0.465 e. The summed E-state index contributed by atoms with van der Waals surface area (Å²) >= 11 is 0. The highest BCUT2D eigenvalue weighted by molar-refractivity contribution is 5.72. The minimum absolute atomic E-state index is 0.0133. The van der Waals surface area contributed by atoms with Crippen LogP contribution in [0.4, 0.5) is 0 Å². The molecule has 1 N–H and O–H groups in total. The monoisotopic (exact) mass is 185 g/mol. The number of ether oxygens (including phenoxy) is 1. The molecule has 1 fully saturated rings. The van der Waals surface area contributed by atoms with Gasteiger partial charge in [-0.3, -0.25) is 4.79 Å². The Kier molecular flexibility index (Phi) is 4.83. The number of hydrogen-bond donors (Lipinski definition) is 1. The Hall–Kier alpha value is -0.570. The zero-order valence-corrected chi connectivity index (χ0v) is 8.34. The molecule has 3 nitrogen and oxygen atoms in total. The molecule has 76 valence electrons. The molecule has 0 aromatic carbocycles. The fourth-order valence-corrected chi connectivity index (χ4v) is 1.49. The third-order valence-corrected chi connectivity index (χ3v) is 2.37. The van der Waals surface area contributed by atoms with Gasteiger partial charge in [-0.15, -0.1) is 0 Å². The van der Waals surface area contributed by atoms with Crippen LogP contribution >= 0.6 is 0 Å². The van der Waals surface area contributed by atoms with E-state index in [1.807, 2.05) is 0 Å². The maximum absolute atomic E-state index is 11.4. The standard InChI is InChI=1S/C10H19NO2/c1-2-3-7-13-10(12)9-5-4-6-11-8-9/h9,11H,2-8H2,1H3/t9-/m1/s1. The summed E-state index contributed by atoms with van der Waals surface area (Å²) in [6, 6.07) is 0. The Balaban J connectivity index is 2.13. The molecule has 0 aromatic rings. The number of esters is 1. The number of carbonyl (C=O) groups is 1. The number of carbonyl (C=O) groups excluding carboxylic acids is 1. The summed E-state index contributed by atoms with van der Waals surface area (Å²) in [7, 11) is 0. The maximum atomic E-state index is 11.4. The molecule has 1 heterocycles. The van der Waals surface area contributed by atoms with Crippen molar-refractivity contribution in [3.05, 3.63) is 0 Å². The van der Waals surface area contributed by atoms with Gasteiger partial charge in [0.15, 0.2) is 0 Å². The van der Waals surface area contributed by atoms with Gasteiger partial charge in [0.25, 0.3) is 0 Å². The van der Waals surface area contributed by atoms with E-state index in [9.17, 15) is 4.79 Å². The highest BCUT2D eigenvalue weighted by atomic mass is 16.5. The zero-order chi connectivity index (χ0) is 9.52. The van der Waals surface area contributed by atoms with E-state index in [1.165, 1.54) is 0 Å². The zero-order valence-electron chi connectivity index (χ0n) is 8.34. The predicted molar refractivity (Wildman–Crippen MR) is 51.5 cm³/mol. The minimum Gasteiger partial charge on any atom is -0.465 e. The summed E-state index contributed by atoms with van der Waals surface area (Å²) in [6.45, 7) is 4.52. The molecule has 0 radical (unpaired) electrons. The first-order chi connectivity index (χ1) is 6.34. The summed E-state index contributed by atoms with van der Waals surface area (Å²) in [5.74, 6) is 0.0891. The van der Waals surface area contributed by atoms with E-state index in [0.29, 0.717) is 6.61 Å². The number of piperidine rings is 1. The number of hydrogen-bond acceptors (Lipinski definition) is 3. The van der Waals surface area contributed by atoms with E-state index in [2.05, 4.69) is 12.2 Å². The van der Waals surface area contributed by atoms with Crippen LogP contribution in [0.15, 0.2) is 0 Å². The quantitative estimate of drug-likeness (QED) is 0.530. The summed E-state index contributed by atoms with van der Waals surface area (Å²) in [5, 5.41) is 3.21. The van der Waals surface area contributed by atoms with Crippen molar-refractivity contribution in [1.29, 1.82) is 0 Å². The lowest BCUT2D eigenvalue weighted by Gasteiger charge is -2.20. The Morgan fingerprint density at radius 1 is 1.62 bits per heavy atom. The van der Waals surface area contributed by atoms with Crippen molar-refractivity contribution in [1.82, 2.24) is 5.32 Å². The van der Waals surface area contributed by atoms with Gasteiger partial charge in [-0.05, 0) is 25.8 Å². The van der Waals surface area contributed by atoms with Gasteiger partial charge in [0.2, 0.25) is 0 Å². The van der Waals surface area contributed by atoms with Crippen LogP contribution < -0.4 is 5.32 Å². The smallest absolute Gasteiger partial charge is 0.310 e. The molecule has 1 aliphatic rings. The molecule has 1 aliphatic heterocycles. The van der Waals surface area contributed by atoms with Crippen molar-refractivity contribution in [3.63, 3.8) is 0 Å². The second-order valence-corrected chi connectivity index (χ2v) is 3.56. The van der Waals surface area contributed by atoms with Gasteiger partial charge in [0.05, 0.1) is 12.5 Å². The third-order valence-electron chi connectivity index (χ3n) is 2.37. The molecule has 0 amide bonds. The van der Waals surface area contributed by atoms with Crippen molar-refractivity contribution in [2.75, 3.05) is 19.7 Å². The molecule has 0 bridgehead atoms. The Morgan fingerprint density at radius 2 is 2.46 bits per heavy atom. The Labute approximate surface area is 79.8 Å². The van der Waals surface area contributed by atoms with Crippen molar-refractivity contribution in [3.8, 4) is 0 Å². The van der Waals surface area contributed by atoms with Crippen LogP contribution in [-0.2, 0) is 9.53 Å². The fourth-order valence-electron chi connectivity index (χ4n) is 1.49. The van der Waals surface area contributed by atoms with Crippen LogP contribution in [-0.4, -0.2) is 25.7 Å². The molecule has 0 saturated carbocycles. The van der Waals surface area contributed by atoms with Gasteiger partial charge in [-0.1, -0.05) is 13.3 Å². The molecule has 0 spiro atoms. The van der Waals surface area contributed by atoms with Gasteiger partial charge in [0.1, 0.15) is 0 Å². The van der Waals surface area contributed by atoms with Gasteiger partial charge in [0, 0.05) is 6.54 Å². The van der Waals surface area contributed by atoms with E-state index in [1.54, 1.807) is 0 Å². The van der Waals surface area contributed by atoms with Crippen LogP contribution in [0.5, 0.6) is 0 Å². The highest BCUT2D eigenvalue weighted by Crippen LogP contribution is 2.11. The van der Waals surface area contributed by atoms with Gasteiger partial charge >= 0.3 is 5.97 Å². The average molecular weight is 185 g/mol. The molecular weight excluding hydrogens is 166 g/mol. The van der Waals surface area contributed by atoms with Crippen molar-refractivity contribution in [2.24, 2.45) is 5.92 Å². The molecule has 1 rings (SSSR count). The summed E-state index contributed by atoms with van der Waals surface area (Å²) in [6.07, 6.45) is 4.13. The van der Waals surface area contributed by atoms with E-state index in [4.69, 9.17) is 4.74 Å². The first-order valence-electron chi connectivity index (χ1n) is 5.22. The molecule has 1 saturated heterocycles. The Bertz CT molecular complexity index is 153. The molecule has 1 atom stereocenters. The topological polar surface area (TPSA) is 38.3 Å². The van der Waals surface area contributed by atoms with Gasteiger partial charge in [-0.2, -0.15) is 0 Å². The first-order valence-corrected chi connectivity index (χ1v) is 5.22. The van der Waals surface area contributed by atoms with Gasteiger partial charge in [-0.25, -0.2) is 0 Å². The van der Waals surface area contributed by atoms with Crippen LogP contribution in [0.2, 0.25) is 0 Å². The third kappa shape index (κ3) is 3.77. The number of unbranched alkanes of at least 4 members (excludes halogenated alkanes) is 1. The number of nitrogens with one attached hydrogen (secondary N) is 1. The predicted octanol–water partition coefficient (Wildman–Crippen LogP) is 1.33. The van der Waals surface area contributed by atoms with Crippen LogP contribution in [0.1, 0.15) is 32.6 Å².